The van der Waals surface area contributed by atoms with Gasteiger partial charge in [-0.05, 0) is 48.0 Å². The summed E-state index contributed by atoms with van der Waals surface area (Å²) in [6, 6.07) is 13.3. The minimum Gasteiger partial charge on any atom is -0.497 e. The van der Waals surface area contributed by atoms with E-state index in [1.807, 2.05) is 42.5 Å². The number of rotatable bonds is 5. The zero-order chi connectivity index (χ0) is 14.5. The van der Waals surface area contributed by atoms with Crippen molar-refractivity contribution in [3.05, 3.63) is 57.0 Å². The fraction of sp³-hybridized carbons (Fsp3) is 0.200. The van der Waals surface area contributed by atoms with Crippen molar-refractivity contribution in [3.8, 4) is 5.75 Å². The lowest BCUT2D eigenvalue weighted by Crippen LogP contribution is -2.15. The van der Waals surface area contributed by atoms with Gasteiger partial charge in [-0.15, -0.1) is 0 Å². The van der Waals surface area contributed by atoms with Gasteiger partial charge in [-0.2, -0.15) is 0 Å². The molecule has 0 amide bonds. The Balaban J connectivity index is 2.25. The Morgan fingerprint density at radius 3 is 2.45 bits per heavy atom. The Bertz CT molecular complexity index is 573. The fourth-order valence-corrected chi connectivity index (χ4v) is 2.67. The number of hydrogen-bond donors (Lipinski definition) is 2. The average Bonchev–Trinajstić information content (AvgIpc) is 2.47. The molecule has 2 aromatic carbocycles. The van der Waals surface area contributed by atoms with Gasteiger partial charge in [0.1, 0.15) is 5.75 Å². The van der Waals surface area contributed by atoms with E-state index in [-0.39, 0.29) is 12.6 Å². The second-order valence-electron chi connectivity index (χ2n) is 4.27. The lowest BCUT2D eigenvalue weighted by molar-refractivity contribution is 0.275. The average molecular weight is 401 g/mol. The van der Waals surface area contributed by atoms with Crippen LogP contribution in [0.4, 0.5) is 5.69 Å². The van der Waals surface area contributed by atoms with Gasteiger partial charge in [-0.25, -0.2) is 0 Å². The quantitative estimate of drug-likeness (QED) is 0.783. The maximum atomic E-state index is 9.65. The number of halogens is 2. The fourth-order valence-electron chi connectivity index (χ4n) is 1.88. The molecule has 1 atom stereocenters. The van der Waals surface area contributed by atoms with E-state index in [0.29, 0.717) is 0 Å². The number of aliphatic hydroxyl groups excluding tert-OH is 1. The van der Waals surface area contributed by atoms with Crippen molar-refractivity contribution in [3.63, 3.8) is 0 Å². The number of hydrogen-bond acceptors (Lipinski definition) is 3. The molecule has 0 saturated carbocycles. The monoisotopic (exact) mass is 399 g/mol. The molecule has 0 heterocycles. The smallest absolute Gasteiger partial charge is 0.119 e. The number of benzene rings is 2. The highest BCUT2D eigenvalue weighted by molar-refractivity contribution is 9.10. The van der Waals surface area contributed by atoms with Crippen molar-refractivity contribution in [1.29, 1.82) is 0 Å². The molecule has 0 spiro atoms. The molecule has 0 aliphatic carbocycles. The first-order valence-electron chi connectivity index (χ1n) is 6.10. The highest BCUT2D eigenvalue weighted by Crippen LogP contribution is 2.30. The van der Waals surface area contributed by atoms with E-state index in [4.69, 9.17) is 4.74 Å². The summed E-state index contributed by atoms with van der Waals surface area (Å²) in [6.45, 7) is -0.0121. The standard InChI is InChI=1S/C15H15Br2NO2/c1-20-12-6-7-14(17)13(8-12)15(9-19)18-11-4-2-10(16)3-5-11/h2-8,15,18-19H,9H2,1H3. The van der Waals surface area contributed by atoms with Crippen LogP contribution < -0.4 is 10.1 Å². The summed E-state index contributed by atoms with van der Waals surface area (Å²) < 4.78 is 7.19. The van der Waals surface area contributed by atoms with Crippen LogP contribution in [0, 0.1) is 0 Å². The van der Waals surface area contributed by atoms with E-state index in [0.717, 1.165) is 25.9 Å². The Kier molecular flexibility index (Phi) is 5.46. The lowest BCUT2D eigenvalue weighted by atomic mass is 10.1. The van der Waals surface area contributed by atoms with E-state index < -0.39 is 0 Å². The molecule has 0 bridgehead atoms. The van der Waals surface area contributed by atoms with Crippen molar-refractivity contribution in [1.82, 2.24) is 0 Å². The Hall–Kier alpha value is -1.04. The maximum Gasteiger partial charge on any atom is 0.119 e. The third-order valence-corrected chi connectivity index (χ3v) is 4.20. The van der Waals surface area contributed by atoms with Gasteiger partial charge >= 0.3 is 0 Å². The normalized spacial score (nSPS) is 12.0. The molecule has 5 heteroatoms. The van der Waals surface area contributed by atoms with Crippen LogP contribution in [0.5, 0.6) is 5.75 Å². The van der Waals surface area contributed by atoms with Gasteiger partial charge in [-0.3, -0.25) is 0 Å². The van der Waals surface area contributed by atoms with E-state index in [9.17, 15) is 5.11 Å². The molecule has 2 aromatic rings. The molecular weight excluding hydrogens is 386 g/mol. The summed E-state index contributed by atoms with van der Waals surface area (Å²) >= 11 is 6.91. The number of ether oxygens (including phenoxy) is 1. The van der Waals surface area contributed by atoms with Crippen LogP contribution in [-0.4, -0.2) is 18.8 Å². The minimum absolute atomic E-state index is 0.0121. The summed E-state index contributed by atoms with van der Waals surface area (Å²) in [5.74, 6) is 0.763. The topological polar surface area (TPSA) is 41.5 Å². The van der Waals surface area contributed by atoms with Gasteiger partial charge in [-0.1, -0.05) is 31.9 Å². The molecular formula is C15H15Br2NO2. The van der Waals surface area contributed by atoms with Crippen molar-refractivity contribution < 1.29 is 9.84 Å². The predicted molar refractivity (Wildman–Crippen MR) is 88.3 cm³/mol. The van der Waals surface area contributed by atoms with Crippen molar-refractivity contribution in [2.75, 3.05) is 19.0 Å². The van der Waals surface area contributed by atoms with Crippen LogP contribution in [0.1, 0.15) is 11.6 Å². The van der Waals surface area contributed by atoms with Crippen molar-refractivity contribution in [2.24, 2.45) is 0 Å². The van der Waals surface area contributed by atoms with Crippen LogP contribution in [0.2, 0.25) is 0 Å². The van der Waals surface area contributed by atoms with E-state index in [1.54, 1.807) is 7.11 Å². The van der Waals surface area contributed by atoms with Gasteiger partial charge < -0.3 is 15.2 Å². The third kappa shape index (κ3) is 3.75. The van der Waals surface area contributed by atoms with Crippen LogP contribution in [0.25, 0.3) is 0 Å². The van der Waals surface area contributed by atoms with Gasteiger partial charge in [0.2, 0.25) is 0 Å². The Morgan fingerprint density at radius 1 is 1.15 bits per heavy atom. The molecule has 2 rings (SSSR count). The van der Waals surface area contributed by atoms with E-state index in [1.165, 1.54) is 0 Å². The molecule has 0 saturated heterocycles. The van der Waals surface area contributed by atoms with Gasteiger partial charge in [0.25, 0.3) is 0 Å². The Morgan fingerprint density at radius 2 is 1.85 bits per heavy atom. The van der Waals surface area contributed by atoms with E-state index >= 15 is 0 Å². The first-order valence-corrected chi connectivity index (χ1v) is 7.69. The second-order valence-corrected chi connectivity index (χ2v) is 6.04. The molecule has 0 fully saturated rings. The molecule has 2 N–H and O–H groups in total. The number of aliphatic hydroxyl groups is 1. The van der Waals surface area contributed by atoms with Crippen molar-refractivity contribution >= 4 is 37.5 Å². The molecule has 0 radical (unpaired) electrons. The second kappa shape index (κ2) is 7.11. The van der Waals surface area contributed by atoms with E-state index in [2.05, 4.69) is 37.2 Å². The summed E-state index contributed by atoms with van der Waals surface area (Å²) in [5.41, 5.74) is 1.90. The summed E-state index contributed by atoms with van der Waals surface area (Å²) in [4.78, 5) is 0. The summed E-state index contributed by atoms with van der Waals surface area (Å²) in [7, 11) is 1.63. The van der Waals surface area contributed by atoms with Crippen molar-refractivity contribution in [2.45, 2.75) is 6.04 Å². The number of nitrogens with one attached hydrogen (secondary N) is 1. The van der Waals surface area contributed by atoms with Crippen LogP contribution in [-0.2, 0) is 0 Å². The summed E-state index contributed by atoms with van der Waals surface area (Å²) in [6.07, 6.45) is 0. The maximum absolute atomic E-state index is 9.65. The molecule has 106 valence electrons. The van der Waals surface area contributed by atoms with Gasteiger partial charge in [0.05, 0.1) is 19.8 Å². The summed E-state index contributed by atoms with van der Waals surface area (Å²) in [5, 5.41) is 13.0. The highest BCUT2D eigenvalue weighted by atomic mass is 79.9. The van der Waals surface area contributed by atoms with Crippen LogP contribution in [0.15, 0.2) is 51.4 Å². The van der Waals surface area contributed by atoms with Crippen LogP contribution in [0.3, 0.4) is 0 Å². The molecule has 3 nitrogen and oxygen atoms in total. The van der Waals surface area contributed by atoms with Gasteiger partial charge in [0.15, 0.2) is 0 Å². The number of anilines is 1. The molecule has 0 aromatic heterocycles. The first kappa shape index (κ1) is 15.4. The molecule has 1 unspecified atom stereocenters. The zero-order valence-electron chi connectivity index (χ0n) is 10.9. The van der Waals surface area contributed by atoms with Gasteiger partial charge in [0, 0.05) is 14.6 Å². The zero-order valence-corrected chi connectivity index (χ0v) is 14.1. The largest absolute Gasteiger partial charge is 0.497 e. The molecule has 20 heavy (non-hydrogen) atoms. The highest BCUT2D eigenvalue weighted by Gasteiger charge is 2.14. The lowest BCUT2D eigenvalue weighted by Gasteiger charge is -2.20. The minimum atomic E-state index is -0.208. The molecule has 0 aliphatic rings. The third-order valence-electron chi connectivity index (χ3n) is 2.95. The first-order chi connectivity index (χ1) is 9.63. The molecule has 0 aliphatic heterocycles. The van der Waals surface area contributed by atoms with Crippen LogP contribution >= 0.6 is 31.9 Å². The number of methoxy groups -OCH3 is 1. The Labute approximate surface area is 135 Å². The predicted octanol–water partition coefficient (Wildman–Crippen LogP) is 4.37. The SMILES string of the molecule is COc1ccc(Br)c(C(CO)Nc2ccc(Br)cc2)c1.